The minimum absolute atomic E-state index is 0.419. The first-order valence-electron chi connectivity index (χ1n) is 4.89. The molecule has 0 amide bonds. The second-order valence-electron chi connectivity index (χ2n) is 3.77. The van der Waals surface area contributed by atoms with Crippen molar-refractivity contribution >= 4 is 33.0 Å². The van der Waals surface area contributed by atoms with Crippen LogP contribution in [0.4, 0.5) is 6.01 Å². The van der Waals surface area contributed by atoms with Gasteiger partial charge in [0, 0.05) is 17.1 Å². The molecule has 0 spiro atoms. The molecule has 0 saturated heterocycles. The van der Waals surface area contributed by atoms with Gasteiger partial charge in [-0.05, 0) is 18.1 Å². The Labute approximate surface area is 97.0 Å². The second kappa shape index (κ2) is 3.85. The summed E-state index contributed by atoms with van der Waals surface area (Å²) in [6.07, 6.45) is 0. The molecule has 0 fully saturated rings. The molecule has 15 heavy (non-hydrogen) atoms. The van der Waals surface area contributed by atoms with Crippen LogP contribution in [0.3, 0.4) is 0 Å². The van der Waals surface area contributed by atoms with Gasteiger partial charge in [-0.1, -0.05) is 29.8 Å². The number of oxazole rings is 1. The number of nitrogens with zero attached hydrogens (tertiary/aromatic N) is 1. The lowest BCUT2D eigenvalue weighted by atomic mass is 10.0. The molecule has 2 rings (SSSR count). The minimum Gasteiger partial charge on any atom is -0.423 e. The van der Waals surface area contributed by atoms with Crippen molar-refractivity contribution in [2.24, 2.45) is 0 Å². The monoisotopic (exact) mass is 268 g/mol. The molecule has 0 unspecified atom stereocenters. The van der Waals surface area contributed by atoms with Crippen molar-refractivity contribution in [3.8, 4) is 0 Å². The first-order valence-corrected chi connectivity index (χ1v) is 5.69. The van der Waals surface area contributed by atoms with E-state index in [9.17, 15) is 0 Å². The summed E-state index contributed by atoms with van der Waals surface area (Å²) in [4.78, 5) is 4.33. The molecule has 0 bridgehead atoms. The van der Waals surface area contributed by atoms with E-state index in [0.29, 0.717) is 11.9 Å². The molecule has 0 atom stereocenters. The highest BCUT2D eigenvalue weighted by molar-refractivity contribution is 9.10. The molecule has 1 heterocycles. The summed E-state index contributed by atoms with van der Waals surface area (Å²) >= 11 is 3.48. The summed E-state index contributed by atoms with van der Waals surface area (Å²) in [5.41, 5.74) is 2.93. The Bertz CT molecular complexity index is 491. The number of anilines is 1. The van der Waals surface area contributed by atoms with E-state index in [4.69, 9.17) is 4.42 Å². The van der Waals surface area contributed by atoms with Crippen LogP contribution in [0.1, 0.15) is 25.3 Å². The molecule has 0 saturated carbocycles. The Morgan fingerprint density at radius 1 is 1.40 bits per heavy atom. The van der Waals surface area contributed by atoms with Crippen LogP contribution in [0.15, 0.2) is 21.0 Å². The predicted octanol–water partition coefficient (Wildman–Crippen LogP) is 3.76. The number of benzene rings is 1. The molecule has 0 radical (unpaired) electrons. The van der Waals surface area contributed by atoms with Crippen LogP contribution in [0.2, 0.25) is 0 Å². The van der Waals surface area contributed by atoms with Crippen LogP contribution in [0, 0.1) is 0 Å². The highest BCUT2D eigenvalue weighted by atomic mass is 79.9. The molecular weight excluding hydrogens is 256 g/mol. The molecule has 1 N–H and O–H groups in total. The van der Waals surface area contributed by atoms with Crippen LogP contribution in [-0.2, 0) is 0 Å². The molecule has 1 aromatic heterocycles. The third kappa shape index (κ3) is 1.86. The van der Waals surface area contributed by atoms with Gasteiger partial charge in [-0.15, -0.1) is 0 Å². The highest BCUT2D eigenvalue weighted by Crippen LogP contribution is 2.31. The van der Waals surface area contributed by atoms with Crippen molar-refractivity contribution in [1.82, 2.24) is 4.98 Å². The fourth-order valence-electron chi connectivity index (χ4n) is 1.56. The van der Waals surface area contributed by atoms with E-state index in [1.165, 1.54) is 5.56 Å². The lowest BCUT2D eigenvalue weighted by Gasteiger charge is -2.05. The normalized spacial score (nSPS) is 11.3. The van der Waals surface area contributed by atoms with Crippen LogP contribution >= 0.6 is 15.9 Å². The number of rotatable bonds is 2. The van der Waals surface area contributed by atoms with Crippen LogP contribution < -0.4 is 5.32 Å². The van der Waals surface area contributed by atoms with E-state index in [2.05, 4.69) is 46.1 Å². The Hall–Kier alpha value is -1.03. The zero-order valence-electron chi connectivity index (χ0n) is 8.97. The molecule has 3 nitrogen and oxygen atoms in total. The lowest BCUT2D eigenvalue weighted by molar-refractivity contribution is 0.612. The lowest BCUT2D eigenvalue weighted by Crippen LogP contribution is -1.88. The maximum atomic E-state index is 5.62. The number of hydrogen-bond acceptors (Lipinski definition) is 3. The van der Waals surface area contributed by atoms with Crippen molar-refractivity contribution in [2.45, 2.75) is 19.8 Å². The van der Waals surface area contributed by atoms with E-state index in [1.54, 1.807) is 7.05 Å². The highest BCUT2D eigenvalue weighted by Gasteiger charge is 2.12. The summed E-state index contributed by atoms with van der Waals surface area (Å²) in [6.45, 7) is 4.28. The Balaban J connectivity index is 2.72. The average molecular weight is 269 g/mol. The fraction of sp³-hybridized carbons (Fsp3) is 0.364. The summed E-state index contributed by atoms with van der Waals surface area (Å²) in [7, 11) is 1.80. The molecule has 2 aromatic rings. The van der Waals surface area contributed by atoms with E-state index < -0.39 is 0 Å². The first-order chi connectivity index (χ1) is 7.11. The number of fused-ring (bicyclic) bond motifs is 1. The Kier molecular flexibility index (Phi) is 2.69. The van der Waals surface area contributed by atoms with Crippen LogP contribution in [0.5, 0.6) is 0 Å². The summed E-state index contributed by atoms with van der Waals surface area (Å²) in [5.74, 6) is 0.419. The van der Waals surface area contributed by atoms with Gasteiger partial charge in [0.2, 0.25) is 0 Å². The zero-order chi connectivity index (χ0) is 11.0. The van der Waals surface area contributed by atoms with Crippen molar-refractivity contribution in [3.05, 3.63) is 22.2 Å². The summed E-state index contributed by atoms with van der Waals surface area (Å²) in [6, 6.07) is 4.60. The van der Waals surface area contributed by atoms with Gasteiger partial charge in [0.15, 0.2) is 5.58 Å². The summed E-state index contributed by atoms with van der Waals surface area (Å²) < 4.78 is 6.66. The van der Waals surface area contributed by atoms with E-state index >= 15 is 0 Å². The molecule has 0 aliphatic rings. The van der Waals surface area contributed by atoms with Gasteiger partial charge >= 0.3 is 0 Å². The largest absolute Gasteiger partial charge is 0.423 e. The maximum absolute atomic E-state index is 5.62. The summed E-state index contributed by atoms with van der Waals surface area (Å²) in [5, 5.41) is 2.91. The third-order valence-corrected chi connectivity index (χ3v) is 2.78. The van der Waals surface area contributed by atoms with Crippen molar-refractivity contribution < 1.29 is 4.42 Å². The molecule has 80 valence electrons. The van der Waals surface area contributed by atoms with Crippen LogP contribution in [-0.4, -0.2) is 12.0 Å². The van der Waals surface area contributed by atoms with Crippen molar-refractivity contribution in [2.75, 3.05) is 12.4 Å². The Morgan fingerprint density at radius 2 is 2.13 bits per heavy atom. The molecular formula is C11H13BrN2O. The predicted molar refractivity (Wildman–Crippen MR) is 65.3 cm³/mol. The topological polar surface area (TPSA) is 38.1 Å². The Morgan fingerprint density at radius 3 is 2.73 bits per heavy atom. The fourth-order valence-corrected chi connectivity index (χ4v) is 2.02. The van der Waals surface area contributed by atoms with Gasteiger partial charge in [-0.25, -0.2) is 0 Å². The first kappa shape index (κ1) is 10.5. The molecule has 0 aliphatic heterocycles. The van der Waals surface area contributed by atoms with Gasteiger partial charge in [0.25, 0.3) is 6.01 Å². The standard InChI is InChI=1S/C11H13BrN2O/c1-6(2)8-4-7(12)5-9-10(8)15-11(13-3)14-9/h4-6H,1-3H3,(H,13,14). The molecule has 4 heteroatoms. The smallest absolute Gasteiger partial charge is 0.295 e. The number of nitrogens with one attached hydrogen (secondary N) is 1. The van der Waals surface area contributed by atoms with Gasteiger partial charge in [-0.2, -0.15) is 4.98 Å². The SMILES string of the molecule is CNc1nc2cc(Br)cc(C(C)C)c2o1. The molecule has 1 aromatic carbocycles. The third-order valence-electron chi connectivity index (χ3n) is 2.32. The van der Waals surface area contributed by atoms with Gasteiger partial charge in [0.05, 0.1) is 0 Å². The number of aromatic nitrogens is 1. The van der Waals surface area contributed by atoms with Crippen LogP contribution in [0.25, 0.3) is 11.1 Å². The quantitative estimate of drug-likeness (QED) is 0.902. The minimum atomic E-state index is 0.419. The van der Waals surface area contributed by atoms with Crippen molar-refractivity contribution in [1.29, 1.82) is 0 Å². The van der Waals surface area contributed by atoms with E-state index in [0.717, 1.165) is 15.6 Å². The van der Waals surface area contributed by atoms with Crippen molar-refractivity contribution in [3.63, 3.8) is 0 Å². The van der Waals surface area contributed by atoms with Gasteiger partial charge in [0.1, 0.15) is 5.52 Å². The van der Waals surface area contributed by atoms with E-state index in [1.807, 2.05) is 6.07 Å². The van der Waals surface area contributed by atoms with Gasteiger partial charge in [-0.3, -0.25) is 0 Å². The second-order valence-corrected chi connectivity index (χ2v) is 4.68. The van der Waals surface area contributed by atoms with Gasteiger partial charge < -0.3 is 9.73 Å². The number of halogens is 1. The number of hydrogen-bond donors (Lipinski definition) is 1. The zero-order valence-corrected chi connectivity index (χ0v) is 10.6. The average Bonchev–Trinajstić information content (AvgIpc) is 2.58. The van der Waals surface area contributed by atoms with E-state index in [-0.39, 0.29) is 0 Å². The maximum Gasteiger partial charge on any atom is 0.295 e. The molecule has 0 aliphatic carbocycles.